The van der Waals surface area contributed by atoms with Crippen LogP contribution in [0.4, 0.5) is 11.6 Å². The highest BCUT2D eigenvalue weighted by molar-refractivity contribution is 5.86. The fraction of sp³-hybridized carbons (Fsp3) is 0.115. The molecule has 33 heavy (non-hydrogen) atoms. The Morgan fingerprint density at radius 3 is 2.58 bits per heavy atom. The normalized spacial score (nSPS) is 10.9. The molecule has 2 heterocycles. The fourth-order valence-corrected chi connectivity index (χ4v) is 3.65. The number of aryl methyl sites for hydroxylation is 2. The first kappa shape index (κ1) is 20.5. The van der Waals surface area contributed by atoms with Crippen molar-refractivity contribution in [1.29, 1.82) is 0 Å². The highest BCUT2D eigenvalue weighted by Crippen LogP contribution is 2.33. The van der Waals surface area contributed by atoms with E-state index in [2.05, 4.69) is 25.5 Å². The molecule has 0 aliphatic heterocycles. The third kappa shape index (κ3) is 4.48. The van der Waals surface area contributed by atoms with Crippen LogP contribution in [0.15, 0.2) is 72.8 Å². The number of nitrogens with zero attached hydrogens (tertiary/aromatic N) is 3. The van der Waals surface area contributed by atoms with E-state index in [4.69, 9.17) is 9.47 Å². The van der Waals surface area contributed by atoms with Gasteiger partial charge < -0.3 is 14.8 Å². The zero-order valence-corrected chi connectivity index (χ0v) is 18.6. The number of fused-ring (bicyclic) bond motifs is 1. The molecule has 3 aromatic carbocycles. The number of H-pyrrole nitrogens is 1. The predicted octanol–water partition coefficient (Wildman–Crippen LogP) is 6.18. The summed E-state index contributed by atoms with van der Waals surface area (Å²) in [5.41, 5.74) is 4.66. The van der Waals surface area contributed by atoms with Crippen LogP contribution in [0.3, 0.4) is 0 Å². The van der Waals surface area contributed by atoms with Crippen LogP contribution in [0.5, 0.6) is 17.2 Å². The molecule has 2 N–H and O–H groups in total. The quantitative estimate of drug-likeness (QED) is 0.330. The van der Waals surface area contributed by atoms with Crippen LogP contribution in [0.25, 0.3) is 22.3 Å². The Kier molecular flexibility index (Phi) is 5.36. The molecule has 164 valence electrons. The number of methoxy groups -OCH3 is 1. The molecule has 0 spiro atoms. The summed E-state index contributed by atoms with van der Waals surface area (Å²) in [6.07, 6.45) is 0. The molecule has 0 unspecified atom stereocenters. The van der Waals surface area contributed by atoms with Gasteiger partial charge in [0.2, 0.25) is 5.95 Å². The van der Waals surface area contributed by atoms with Gasteiger partial charge >= 0.3 is 0 Å². The van der Waals surface area contributed by atoms with Gasteiger partial charge in [-0.3, -0.25) is 10.1 Å². The van der Waals surface area contributed by atoms with Gasteiger partial charge in [-0.15, -0.1) is 5.10 Å². The van der Waals surface area contributed by atoms with E-state index in [9.17, 15) is 0 Å². The summed E-state index contributed by atoms with van der Waals surface area (Å²) in [5.74, 6) is 3.34. The van der Waals surface area contributed by atoms with Crippen molar-refractivity contribution in [3.8, 4) is 28.6 Å². The second kappa shape index (κ2) is 8.63. The van der Waals surface area contributed by atoms with Gasteiger partial charge in [-0.1, -0.05) is 24.3 Å². The van der Waals surface area contributed by atoms with Gasteiger partial charge in [-0.05, 0) is 55.8 Å². The number of ether oxygens (including phenoxy) is 2. The van der Waals surface area contributed by atoms with E-state index in [1.165, 1.54) is 0 Å². The van der Waals surface area contributed by atoms with Crippen LogP contribution in [-0.4, -0.2) is 27.3 Å². The second-order valence-electron chi connectivity index (χ2n) is 7.78. The fourth-order valence-electron chi connectivity index (χ4n) is 3.65. The molecule has 5 rings (SSSR count). The molecular weight excluding hydrogens is 414 g/mol. The Balaban J connectivity index is 1.41. The molecule has 0 aliphatic carbocycles. The minimum Gasteiger partial charge on any atom is -0.497 e. The number of aromatic nitrogens is 4. The molecule has 0 bridgehead atoms. The van der Waals surface area contributed by atoms with Crippen LogP contribution in [0, 0.1) is 13.8 Å². The summed E-state index contributed by atoms with van der Waals surface area (Å²) in [5, 5.41) is 11.4. The summed E-state index contributed by atoms with van der Waals surface area (Å²) in [7, 11) is 1.64. The Morgan fingerprint density at radius 2 is 1.73 bits per heavy atom. The van der Waals surface area contributed by atoms with Crippen molar-refractivity contribution >= 4 is 22.5 Å². The largest absolute Gasteiger partial charge is 0.497 e. The summed E-state index contributed by atoms with van der Waals surface area (Å²) >= 11 is 0. The van der Waals surface area contributed by atoms with Gasteiger partial charge in [0.25, 0.3) is 0 Å². The Bertz CT molecular complexity index is 1440. The number of aromatic amines is 1. The lowest BCUT2D eigenvalue weighted by Crippen LogP contribution is -1.93. The molecule has 0 fully saturated rings. The third-order valence-corrected chi connectivity index (χ3v) is 5.20. The van der Waals surface area contributed by atoms with Crippen LogP contribution >= 0.6 is 0 Å². The Morgan fingerprint density at radius 1 is 0.848 bits per heavy atom. The lowest BCUT2D eigenvalue weighted by atomic mass is 10.1. The first-order valence-electron chi connectivity index (χ1n) is 10.6. The van der Waals surface area contributed by atoms with E-state index in [0.717, 1.165) is 44.9 Å². The molecule has 7 nitrogen and oxygen atoms in total. The van der Waals surface area contributed by atoms with Crippen molar-refractivity contribution in [3.63, 3.8) is 0 Å². The maximum absolute atomic E-state index is 6.27. The topological polar surface area (TPSA) is 85.0 Å². The number of hydrogen-bond donors (Lipinski definition) is 2. The predicted molar refractivity (Wildman–Crippen MR) is 129 cm³/mol. The molecule has 0 radical (unpaired) electrons. The van der Waals surface area contributed by atoms with Crippen molar-refractivity contribution in [2.24, 2.45) is 0 Å². The second-order valence-corrected chi connectivity index (χ2v) is 7.78. The van der Waals surface area contributed by atoms with Crippen LogP contribution < -0.4 is 14.8 Å². The van der Waals surface area contributed by atoms with Gasteiger partial charge in [0, 0.05) is 34.5 Å². The number of anilines is 2. The molecule has 2 aromatic heterocycles. The summed E-state index contributed by atoms with van der Waals surface area (Å²) in [6.45, 7) is 3.99. The maximum Gasteiger partial charge on any atom is 0.246 e. The number of rotatable bonds is 6. The number of pyridine rings is 1. The van der Waals surface area contributed by atoms with Gasteiger partial charge in [0.15, 0.2) is 5.82 Å². The minimum absolute atomic E-state index is 0.506. The first-order valence-corrected chi connectivity index (χ1v) is 10.6. The average molecular weight is 438 g/mol. The van der Waals surface area contributed by atoms with E-state index >= 15 is 0 Å². The van der Waals surface area contributed by atoms with Crippen molar-refractivity contribution in [1.82, 2.24) is 20.2 Å². The van der Waals surface area contributed by atoms with Crippen molar-refractivity contribution in [3.05, 3.63) is 84.1 Å². The van der Waals surface area contributed by atoms with E-state index in [1.807, 2.05) is 86.6 Å². The smallest absolute Gasteiger partial charge is 0.246 e. The zero-order valence-electron chi connectivity index (χ0n) is 18.6. The van der Waals surface area contributed by atoms with E-state index < -0.39 is 0 Å². The van der Waals surface area contributed by atoms with Crippen molar-refractivity contribution in [2.75, 3.05) is 12.4 Å². The minimum atomic E-state index is 0.506. The van der Waals surface area contributed by atoms with Gasteiger partial charge in [0.05, 0.1) is 12.6 Å². The standard InChI is InChI=1S/C26H23N5O2/c1-16-6-4-8-19(12-16)28-26-29-25(30-31-26)18-7-5-9-21(14-18)33-24-13-17(2)27-23-15-20(32-3)10-11-22(23)24/h4-15H,1-3H3,(H2,28,29,30,31). The van der Waals surface area contributed by atoms with Crippen LogP contribution in [0.1, 0.15) is 11.3 Å². The van der Waals surface area contributed by atoms with Crippen molar-refractivity contribution < 1.29 is 9.47 Å². The molecule has 0 aliphatic rings. The third-order valence-electron chi connectivity index (χ3n) is 5.20. The van der Waals surface area contributed by atoms with Gasteiger partial charge in [-0.25, -0.2) is 0 Å². The monoisotopic (exact) mass is 437 g/mol. The Hall–Kier alpha value is -4.39. The molecule has 7 heteroatoms. The van der Waals surface area contributed by atoms with Crippen LogP contribution in [-0.2, 0) is 0 Å². The maximum atomic E-state index is 6.27. The summed E-state index contributed by atoms with van der Waals surface area (Å²) < 4.78 is 11.6. The lowest BCUT2D eigenvalue weighted by Gasteiger charge is -2.11. The highest BCUT2D eigenvalue weighted by atomic mass is 16.5. The molecule has 0 amide bonds. The summed E-state index contributed by atoms with van der Waals surface area (Å²) in [6, 6.07) is 23.5. The zero-order chi connectivity index (χ0) is 22.8. The van der Waals surface area contributed by atoms with E-state index in [0.29, 0.717) is 17.5 Å². The first-order chi connectivity index (χ1) is 16.1. The number of nitrogens with one attached hydrogen (secondary N) is 2. The highest BCUT2D eigenvalue weighted by Gasteiger charge is 2.11. The lowest BCUT2D eigenvalue weighted by molar-refractivity contribution is 0.415. The summed E-state index contributed by atoms with van der Waals surface area (Å²) in [4.78, 5) is 9.18. The molecular formula is C26H23N5O2. The molecule has 0 saturated heterocycles. The molecule has 0 atom stereocenters. The number of benzene rings is 3. The molecule has 5 aromatic rings. The van der Waals surface area contributed by atoms with Crippen molar-refractivity contribution in [2.45, 2.75) is 13.8 Å². The average Bonchev–Trinajstić information content (AvgIpc) is 3.27. The van der Waals surface area contributed by atoms with Gasteiger partial charge in [-0.2, -0.15) is 4.98 Å². The SMILES string of the molecule is COc1ccc2c(Oc3cccc(-c4nc(Nc5cccc(C)c5)n[nH]4)c3)cc(C)nc2c1. The van der Waals surface area contributed by atoms with Crippen LogP contribution in [0.2, 0.25) is 0 Å². The van der Waals surface area contributed by atoms with Gasteiger partial charge in [0.1, 0.15) is 17.2 Å². The van der Waals surface area contributed by atoms with E-state index in [1.54, 1.807) is 7.11 Å². The number of hydrogen-bond acceptors (Lipinski definition) is 6. The molecule has 0 saturated carbocycles. The Labute approximate surface area is 191 Å². The van der Waals surface area contributed by atoms with E-state index in [-0.39, 0.29) is 0 Å².